The van der Waals surface area contributed by atoms with E-state index in [4.69, 9.17) is 37.7 Å². The van der Waals surface area contributed by atoms with Crippen molar-refractivity contribution in [3.05, 3.63) is 0 Å². The van der Waals surface area contributed by atoms with Gasteiger partial charge in [0.1, 0.15) is 12.1 Å². The topological polar surface area (TPSA) is 201 Å². The van der Waals surface area contributed by atoms with Crippen molar-refractivity contribution in [1.29, 1.82) is 0 Å². The summed E-state index contributed by atoms with van der Waals surface area (Å²) in [5.41, 5.74) is 10.4. The molecule has 0 bridgehead atoms. The molecule has 0 aromatic carbocycles. The number of rotatable bonds is 7. The van der Waals surface area contributed by atoms with Crippen LogP contribution in [0.25, 0.3) is 0 Å². The van der Waals surface area contributed by atoms with Gasteiger partial charge in [0.05, 0.1) is 0 Å². The number of nitrogens with two attached hydrogens (primary N) is 2. The molecule has 0 aliphatic rings. The number of hydrogen-bond donors (Lipinski definition) is 6. The Labute approximate surface area is 118 Å². The quantitative estimate of drug-likeness (QED) is 0.152. The summed E-state index contributed by atoms with van der Waals surface area (Å²) in [5.74, 6) is -1.68. The Morgan fingerprint density at radius 2 is 1.16 bits per heavy atom. The third kappa shape index (κ3) is 20.1. The molecule has 0 radical (unpaired) electrons. The molecule has 0 fully saturated rings. The molecule has 10 nitrogen and oxygen atoms in total. The van der Waals surface area contributed by atoms with E-state index in [1.165, 1.54) is 21.6 Å². The number of aliphatic carboxylic acids is 2. The van der Waals surface area contributed by atoms with Gasteiger partial charge in [0.25, 0.3) is 0 Å². The second kappa shape index (κ2) is 10.4. The molecule has 2 atom stereocenters. The fraction of sp³-hybridized carbons (Fsp3) is 0.667. The van der Waals surface area contributed by atoms with Gasteiger partial charge in [0.2, 0.25) is 0 Å². The van der Waals surface area contributed by atoms with Crippen LogP contribution in [-0.4, -0.2) is 67.5 Å². The average Bonchev–Trinajstić information content (AvgIpc) is 2.20. The van der Waals surface area contributed by atoms with E-state index in [0.29, 0.717) is 0 Å². The normalized spacial score (nSPS) is 13.9. The molecule has 13 heteroatoms. The summed E-state index contributed by atoms with van der Waals surface area (Å²) in [6.07, 6.45) is 0. The van der Waals surface area contributed by atoms with Crippen LogP contribution < -0.4 is 11.5 Å². The van der Waals surface area contributed by atoms with Crippen LogP contribution >= 0.6 is 21.6 Å². The molecule has 0 spiro atoms. The minimum absolute atomic E-state index is 0.229. The first kappa shape index (κ1) is 20.9. The molecule has 0 aromatic heterocycles. The van der Waals surface area contributed by atoms with Crippen LogP contribution in [0.2, 0.25) is 0 Å². The Hall–Kier alpha value is -0.401. The third-order valence-electron chi connectivity index (χ3n) is 1.21. The Morgan fingerprint density at radius 3 is 1.32 bits per heavy atom. The van der Waals surface area contributed by atoms with E-state index in [1.54, 1.807) is 0 Å². The van der Waals surface area contributed by atoms with Gasteiger partial charge < -0.3 is 21.7 Å². The molecule has 0 rings (SSSR count). The van der Waals surface area contributed by atoms with E-state index in [9.17, 15) is 9.59 Å². The average molecular weight is 385 g/mol. The molecule has 0 aliphatic carbocycles. The summed E-state index contributed by atoms with van der Waals surface area (Å²) in [5, 5.41) is 16.8. The van der Waals surface area contributed by atoms with E-state index in [-0.39, 0.29) is 11.5 Å². The van der Waals surface area contributed by atoms with E-state index in [1.807, 2.05) is 0 Å². The summed E-state index contributed by atoms with van der Waals surface area (Å²) < 4.78 is 31.9. The van der Waals surface area contributed by atoms with E-state index >= 15 is 0 Å². The maximum atomic E-state index is 10.3. The number of carbonyl (C=O) groups is 2. The standard InChI is InChI=1S/C6H12N2O4S2.H2O4Se/c7-3(5(9)10)1-13-14-2-4(8)6(11)12;1-5(2,3)4/h3-4H,1-2,7-8H2,(H,9,10)(H,11,12);(H2,1,2,3,4). The molecule has 0 saturated carbocycles. The third-order valence-corrected chi connectivity index (χ3v) is 3.69. The zero-order valence-electron chi connectivity index (χ0n) is 9.37. The molecule has 2 unspecified atom stereocenters. The Bertz CT molecular complexity index is 359. The van der Waals surface area contributed by atoms with Gasteiger partial charge in [-0.3, -0.25) is 9.59 Å². The maximum absolute atomic E-state index is 10.3. The molecule has 0 heterocycles. The van der Waals surface area contributed by atoms with Crippen molar-refractivity contribution in [1.82, 2.24) is 0 Å². The first-order valence-electron chi connectivity index (χ1n) is 4.36. The van der Waals surface area contributed by atoms with E-state index in [2.05, 4.69) is 0 Å². The molecule has 0 saturated heterocycles. The minimum atomic E-state index is -5.25. The summed E-state index contributed by atoms with van der Waals surface area (Å²) in [6.45, 7) is 0. The van der Waals surface area contributed by atoms with Gasteiger partial charge in [0.15, 0.2) is 0 Å². The van der Waals surface area contributed by atoms with Gasteiger partial charge in [-0.2, -0.15) is 0 Å². The van der Waals surface area contributed by atoms with Crippen LogP contribution in [0.15, 0.2) is 0 Å². The monoisotopic (exact) mass is 386 g/mol. The van der Waals surface area contributed by atoms with Crippen molar-refractivity contribution in [3.8, 4) is 0 Å². The number of carboxylic acids is 2. The zero-order chi connectivity index (χ0) is 15.6. The fourth-order valence-corrected chi connectivity index (χ4v) is 2.61. The molecule has 0 aliphatic heterocycles. The van der Waals surface area contributed by atoms with E-state index < -0.39 is 37.4 Å². The van der Waals surface area contributed by atoms with Crippen molar-refractivity contribution < 1.29 is 35.8 Å². The summed E-state index contributed by atoms with van der Waals surface area (Å²) >= 11 is -5.25. The Balaban J connectivity index is 0. The Kier molecular flexibility index (Phi) is 11.4. The van der Waals surface area contributed by atoms with Crippen LogP contribution in [0, 0.1) is 0 Å². The molecular weight excluding hydrogens is 371 g/mol. The van der Waals surface area contributed by atoms with Crippen LogP contribution in [0.5, 0.6) is 0 Å². The second-order valence-electron chi connectivity index (χ2n) is 2.91. The SMILES string of the molecule is NC(CSSCC(N)C(=O)O)C(=O)O.O=[Se](=O)(O)O. The molecule has 8 N–H and O–H groups in total. The molecular formula is C6H14N2O8S2Se. The van der Waals surface area contributed by atoms with Gasteiger partial charge in [-0.05, 0) is 0 Å². The summed E-state index contributed by atoms with van der Waals surface area (Å²) in [6, 6.07) is -1.85. The molecule has 114 valence electrons. The molecule has 0 aromatic rings. The predicted octanol–water partition coefficient (Wildman–Crippen LogP) is -2.54. The van der Waals surface area contributed by atoms with Crippen LogP contribution in [0.3, 0.4) is 0 Å². The second-order valence-corrected chi connectivity index (χ2v) is 7.34. The number of hydrogen-bond acceptors (Lipinski definition) is 8. The summed E-state index contributed by atoms with van der Waals surface area (Å²) in [4.78, 5) is 20.5. The van der Waals surface area contributed by atoms with Crippen molar-refractivity contribution in [2.75, 3.05) is 11.5 Å². The summed E-state index contributed by atoms with van der Waals surface area (Å²) in [7, 11) is 2.41. The van der Waals surface area contributed by atoms with Gasteiger partial charge in [-0.25, -0.2) is 0 Å². The van der Waals surface area contributed by atoms with Crippen LogP contribution in [-0.2, 0) is 17.3 Å². The first-order chi connectivity index (χ1) is 8.45. The van der Waals surface area contributed by atoms with E-state index in [0.717, 1.165) is 0 Å². The number of carboxylic acid groups (broad SMARTS) is 2. The Morgan fingerprint density at radius 1 is 0.947 bits per heavy atom. The predicted molar refractivity (Wildman–Crippen MR) is 67.7 cm³/mol. The van der Waals surface area contributed by atoms with Gasteiger partial charge >= 0.3 is 41.4 Å². The first-order valence-corrected chi connectivity index (χ1v) is 9.78. The fourth-order valence-electron chi connectivity index (χ4n) is 0.385. The van der Waals surface area contributed by atoms with Crippen molar-refractivity contribution >= 4 is 46.9 Å². The van der Waals surface area contributed by atoms with Crippen LogP contribution in [0.1, 0.15) is 0 Å². The van der Waals surface area contributed by atoms with Gasteiger partial charge in [-0.15, -0.1) is 0 Å². The molecule has 0 amide bonds. The van der Waals surface area contributed by atoms with Gasteiger partial charge in [0, 0.05) is 11.5 Å². The van der Waals surface area contributed by atoms with Gasteiger partial charge in [-0.1, -0.05) is 21.6 Å². The van der Waals surface area contributed by atoms with Crippen molar-refractivity contribution in [2.45, 2.75) is 12.1 Å². The van der Waals surface area contributed by atoms with Crippen molar-refractivity contribution in [3.63, 3.8) is 0 Å². The van der Waals surface area contributed by atoms with Crippen molar-refractivity contribution in [2.24, 2.45) is 11.5 Å². The molecule has 19 heavy (non-hydrogen) atoms. The van der Waals surface area contributed by atoms with Crippen LogP contribution in [0.4, 0.5) is 0 Å². The zero-order valence-corrected chi connectivity index (χ0v) is 12.7.